The number of amides is 1. The van der Waals surface area contributed by atoms with E-state index in [2.05, 4.69) is 6.58 Å². The number of halogens is 1. The molecule has 0 N–H and O–H groups in total. The predicted molar refractivity (Wildman–Crippen MR) is 87.7 cm³/mol. The average Bonchev–Trinajstić information content (AvgIpc) is 2.36. The minimum atomic E-state index is -0.620. The first-order valence-electron chi connectivity index (χ1n) is 7.04. The summed E-state index contributed by atoms with van der Waals surface area (Å²) in [7, 11) is 0. The molecule has 0 fully saturated rings. The van der Waals surface area contributed by atoms with Gasteiger partial charge in [-0.1, -0.05) is 48.5 Å². The SMILES string of the molecule is C=C(Cl)CC(=O)CN(Cc1ccccc1)C(=O)OC(C)(C)C. The minimum absolute atomic E-state index is 0.0373. The molecule has 1 rings (SSSR count). The standard InChI is InChI=1S/C17H22ClNO3/c1-13(18)10-15(20)12-19(16(21)22-17(2,3)4)11-14-8-6-5-7-9-14/h5-9H,1,10-12H2,2-4H3. The van der Waals surface area contributed by atoms with Gasteiger partial charge >= 0.3 is 6.09 Å². The lowest BCUT2D eigenvalue weighted by Gasteiger charge is -2.27. The van der Waals surface area contributed by atoms with E-state index in [1.54, 1.807) is 20.8 Å². The van der Waals surface area contributed by atoms with Gasteiger partial charge in [-0.05, 0) is 26.3 Å². The van der Waals surface area contributed by atoms with Gasteiger partial charge in [-0.3, -0.25) is 9.69 Å². The molecule has 0 radical (unpaired) electrons. The molecule has 0 aromatic heterocycles. The molecule has 0 saturated heterocycles. The lowest BCUT2D eigenvalue weighted by Crippen LogP contribution is -2.39. The molecule has 0 bridgehead atoms. The lowest BCUT2D eigenvalue weighted by atomic mass is 10.2. The Hall–Kier alpha value is -1.81. The van der Waals surface area contributed by atoms with Gasteiger partial charge in [0, 0.05) is 18.0 Å². The summed E-state index contributed by atoms with van der Waals surface area (Å²) in [6.45, 7) is 9.10. The zero-order chi connectivity index (χ0) is 16.8. The fourth-order valence-electron chi connectivity index (χ4n) is 1.80. The third-order valence-electron chi connectivity index (χ3n) is 2.62. The van der Waals surface area contributed by atoms with Crippen molar-refractivity contribution in [3.8, 4) is 0 Å². The number of hydrogen-bond acceptors (Lipinski definition) is 3. The zero-order valence-corrected chi connectivity index (χ0v) is 14.0. The summed E-state index contributed by atoms with van der Waals surface area (Å²) in [4.78, 5) is 25.6. The van der Waals surface area contributed by atoms with Crippen molar-refractivity contribution in [3.05, 3.63) is 47.5 Å². The second kappa shape index (κ2) is 7.99. The van der Waals surface area contributed by atoms with Crippen molar-refractivity contribution in [2.75, 3.05) is 6.54 Å². The van der Waals surface area contributed by atoms with Gasteiger partial charge < -0.3 is 4.74 Å². The van der Waals surface area contributed by atoms with Gasteiger partial charge in [0.25, 0.3) is 0 Å². The summed E-state index contributed by atoms with van der Waals surface area (Å²) in [5, 5.41) is 0.258. The summed E-state index contributed by atoms with van der Waals surface area (Å²) < 4.78 is 5.36. The van der Waals surface area contributed by atoms with Crippen LogP contribution in [0.4, 0.5) is 4.79 Å². The molecule has 4 nitrogen and oxygen atoms in total. The first-order valence-corrected chi connectivity index (χ1v) is 7.42. The highest BCUT2D eigenvalue weighted by Gasteiger charge is 2.24. The van der Waals surface area contributed by atoms with Crippen molar-refractivity contribution in [1.29, 1.82) is 0 Å². The molecule has 0 aliphatic heterocycles. The van der Waals surface area contributed by atoms with Crippen molar-refractivity contribution in [2.24, 2.45) is 0 Å². The number of carbonyl (C=O) groups is 2. The molecule has 120 valence electrons. The van der Waals surface area contributed by atoms with Crippen molar-refractivity contribution in [1.82, 2.24) is 4.90 Å². The Morgan fingerprint density at radius 3 is 2.32 bits per heavy atom. The van der Waals surface area contributed by atoms with Gasteiger partial charge in [0.1, 0.15) is 5.60 Å². The van der Waals surface area contributed by atoms with Crippen LogP contribution in [0.2, 0.25) is 0 Å². The van der Waals surface area contributed by atoms with Gasteiger partial charge in [-0.15, -0.1) is 0 Å². The molecule has 1 aromatic rings. The van der Waals surface area contributed by atoms with Crippen LogP contribution in [0.3, 0.4) is 0 Å². The smallest absolute Gasteiger partial charge is 0.410 e. The van der Waals surface area contributed by atoms with Crippen LogP contribution in [-0.4, -0.2) is 28.9 Å². The van der Waals surface area contributed by atoms with Crippen LogP contribution in [0, 0.1) is 0 Å². The summed E-state index contributed by atoms with van der Waals surface area (Å²) in [5.74, 6) is -0.179. The summed E-state index contributed by atoms with van der Waals surface area (Å²) in [6, 6.07) is 9.44. The largest absolute Gasteiger partial charge is 0.444 e. The van der Waals surface area contributed by atoms with E-state index in [0.29, 0.717) is 6.54 Å². The van der Waals surface area contributed by atoms with Gasteiger partial charge in [0.05, 0.1) is 6.54 Å². The molecule has 5 heteroatoms. The molecule has 22 heavy (non-hydrogen) atoms. The van der Waals surface area contributed by atoms with E-state index in [0.717, 1.165) is 5.56 Å². The van der Waals surface area contributed by atoms with E-state index in [-0.39, 0.29) is 23.8 Å². The minimum Gasteiger partial charge on any atom is -0.444 e. The number of benzene rings is 1. The Bertz CT molecular complexity index is 535. The van der Waals surface area contributed by atoms with Crippen molar-refractivity contribution in [2.45, 2.75) is 39.3 Å². The Labute approximate surface area is 136 Å². The van der Waals surface area contributed by atoms with Gasteiger partial charge in [0.15, 0.2) is 5.78 Å². The molecule has 0 heterocycles. The molecular weight excluding hydrogens is 302 g/mol. The molecule has 0 unspecified atom stereocenters. The Kier molecular flexibility index (Phi) is 6.62. The zero-order valence-electron chi connectivity index (χ0n) is 13.3. The first kappa shape index (κ1) is 18.2. The van der Waals surface area contributed by atoms with Gasteiger partial charge in [-0.2, -0.15) is 0 Å². The van der Waals surface area contributed by atoms with Crippen LogP contribution in [0.5, 0.6) is 0 Å². The fraction of sp³-hybridized carbons (Fsp3) is 0.412. The molecule has 0 spiro atoms. The second-order valence-corrected chi connectivity index (χ2v) is 6.59. The maximum atomic E-state index is 12.3. The van der Waals surface area contributed by atoms with Crippen LogP contribution in [0.15, 0.2) is 41.9 Å². The first-order chi connectivity index (χ1) is 10.2. The number of ether oxygens (including phenoxy) is 1. The van der Waals surface area contributed by atoms with Crippen molar-refractivity contribution in [3.63, 3.8) is 0 Å². The van der Waals surface area contributed by atoms with Crippen LogP contribution in [-0.2, 0) is 16.1 Å². The Balaban J connectivity index is 2.82. The van der Waals surface area contributed by atoms with Crippen LogP contribution in [0.25, 0.3) is 0 Å². The van der Waals surface area contributed by atoms with Crippen molar-refractivity contribution >= 4 is 23.5 Å². The van der Waals surface area contributed by atoms with E-state index >= 15 is 0 Å². The summed E-state index contributed by atoms with van der Waals surface area (Å²) in [6.07, 6.45) is -0.486. The topological polar surface area (TPSA) is 46.6 Å². The molecule has 0 aliphatic carbocycles. The molecule has 1 aromatic carbocycles. The predicted octanol–water partition coefficient (Wildman–Crippen LogP) is 4.14. The Morgan fingerprint density at radius 1 is 1.23 bits per heavy atom. The van der Waals surface area contributed by atoms with Crippen LogP contribution >= 0.6 is 11.6 Å². The van der Waals surface area contributed by atoms with Crippen LogP contribution in [0.1, 0.15) is 32.8 Å². The highest BCUT2D eigenvalue weighted by Crippen LogP contribution is 2.14. The number of hydrogen-bond donors (Lipinski definition) is 0. The number of rotatable bonds is 6. The van der Waals surface area contributed by atoms with Crippen molar-refractivity contribution < 1.29 is 14.3 Å². The second-order valence-electron chi connectivity index (χ2n) is 6.05. The van der Waals surface area contributed by atoms with E-state index in [1.807, 2.05) is 30.3 Å². The Morgan fingerprint density at radius 2 is 1.82 bits per heavy atom. The number of nitrogens with zero attached hydrogens (tertiary/aromatic N) is 1. The maximum absolute atomic E-state index is 12.3. The fourth-order valence-corrected chi connectivity index (χ4v) is 1.95. The molecule has 0 saturated carbocycles. The molecule has 1 amide bonds. The lowest BCUT2D eigenvalue weighted by molar-refractivity contribution is -0.119. The normalized spacial score (nSPS) is 10.9. The monoisotopic (exact) mass is 323 g/mol. The van der Waals surface area contributed by atoms with E-state index < -0.39 is 11.7 Å². The van der Waals surface area contributed by atoms with Gasteiger partial charge in [-0.25, -0.2) is 4.79 Å². The summed E-state index contributed by atoms with van der Waals surface area (Å²) >= 11 is 5.65. The average molecular weight is 324 g/mol. The number of Topliss-reactive ketones (excluding diaryl/α,β-unsaturated/α-hetero) is 1. The maximum Gasteiger partial charge on any atom is 0.410 e. The number of ketones is 1. The van der Waals surface area contributed by atoms with E-state index in [1.165, 1.54) is 4.90 Å². The highest BCUT2D eigenvalue weighted by molar-refractivity contribution is 6.30. The van der Waals surface area contributed by atoms with E-state index in [4.69, 9.17) is 16.3 Å². The third-order valence-corrected chi connectivity index (χ3v) is 2.76. The molecular formula is C17H22ClNO3. The summed E-state index contributed by atoms with van der Waals surface area (Å²) in [5.41, 5.74) is 0.302. The van der Waals surface area contributed by atoms with Crippen LogP contribution < -0.4 is 0 Å². The molecule has 0 atom stereocenters. The quantitative estimate of drug-likeness (QED) is 0.790. The number of carbonyl (C=O) groups excluding carboxylic acids is 2. The third kappa shape index (κ3) is 7.27. The highest BCUT2D eigenvalue weighted by atomic mass is 35.5. The van der Waals surface area contributed by atoms with Gasteiger partial charge in [0.2, 0.25) is 0 Å². The number of allylic oxidation sites excluding steroid dienone is 1. The van der Waals surface area contributed by atoms with E-state index in [9.17, 15) is 9.59 Å². The molecule has 0 aliphatic rings.